The monoisotopic (exact) mass is 282 g/mol. The summed E-state index contributed by atoms with van der Waals surface area (Å²) in [5.74, 6) is 0.827. The molecule has 108 valence electrons. The molecule has 0 amide bonds. The van der Waals surface area contributed by atoms with Gasteiger partial charge < -0.3 is 10.4 Å². The lowest BCUT2D eigenvalue weighted by Crippen LogP contribution is -2.17. The van der Waals surface area contributed by atoms with Crippen LogP contribution < -0.4 is 5.32 Å². The molecule has 2 aromatic heterocycles. The zero-order valence-corrected chi connectivity index (χ0v) is 12.1. The van der Waals surface area contributed by atoms with Gasteiger partial charge in [0, 0.05) is 17.8 Å². The van der Waals surface area contributed by atoms with Crippen LogP contribution in [-0.4, -0.2) is 26.3 Å². The fraction of sp³-hybridized carbons (Fsp3) is 0.250. The average Bonchev–Trinajstić information content (AvgIpc) is 2.85. The number of nitrogens with zero attached hydrogens (tertiary/aromatic N) is 3. The highest BCUT2D eigenvalue weighted by molar-refractivity contribution is 5.51. The Morgan fingerprint density at radius 3 is 2.62 bits per heavy atom. The van der Waals surface area contributed by atoms with E-state index in [9.17, 15) is 5.11 Å². The average molecular weight is 282 g/mol. The molecule has 1 aromatic carbocycles. The molecule has 0 spiro atoms. The topological polar surface area (TPSA) is 62.5 Å². The van der Waals surface area contributed by atoms with Crippen molar-refractivity contribution in [2.24, 2.45) is 0 Å². The Morgan fingerprint density at radius 2 is 1.90 bits per heavy atom. The van der Waals surface area contributed by atoms with E-state index < -0.39 is 0 Å². The standard InChI is InChI=1S/C16H18N4O/c1-11-8-16(20-15(17-11)9-12(2)19-20)18-14(10-21)13-6-4-3-5-7-13/h3-9,14,18,21H,10H2,1-2H3/t14-/m1/s1. The van der Waals surface area contributed by atoms with Crippen molar-refractivity contribution < 1.29 is 5.11 Å². The molecule has 0 aliphatic heterocycles. The summed E-state index contributed by atoms with van der Waals surface area (Å²) in [7, 11) is 0. The molecule has 0 radical (unpaired) electrons. The minimum atomic E-state index is -0.180. The van der Waals surface area contributed by atoms with E-state index in [-0.39, 0.29) is 12.6 Å². The fourth-order valence-electron chi connectivity index (χ4n) is 2.42. The van der Waals surface area contributed by atoms with Crippen molar-refractivity contribution >= 4 is 11.5 Å². The second kappa shape index (κ2) is 5.54. The molecule has 0 aliphatic rings. The van der Waals surface area contributed by atoms with Crippen molar-refractivity contribution in [1.29, 1.82) is 0 Å². The molecule has 0 aliphatic carbocycles. The summed E-state index contributed by atoms with van der Waals surface area (Å²) in [6.45, 7) is 3.89. The number of benzene rings is 1. The lowest BCUT2D eigenvalue weighted by Gasteiger charge is -2.18. The van der Waals surface area contributed by atoms with Gasteiger partial charge in [-0.15, -0.1) is 0 Å². The van der Waals surface area contributed by atoms with Gasteiger partial charge >= 0.3 is 0 Å². The van der Waals surface area contributed by atoms with Crippen molar-refractivity contribution in [3.05, 3.63) is 59.4 Å². The van der Waals surface area contributed by atoms with Gasteiger partial charge in [-0.05, 0) is 19.4 Å². The number of aliphatic hydroxyl groups excluding tert-OH is 1. The highest BCUT2D eigenvalue weighted by atomic mass is 16.3. The Bertz CT molecular complexity index is 752. The Balaban J connectivity index is 2.00. The van der Waals surface area contributed by atoms with Crippen LogP contribution in [0.2, 0.25) is 0 Å². The van der Waals surface area contributed by atoms with E-state index in [0.29, 0.717) is 0 Å². The van der Waals surface area contributed by atoms with E-state index in [1.165, 1.54) is 0 Å². The summed E-state index contributed by atoms with van der Waals surface area (Å²) in [5, 5.41) is 17.5. The zero-order valence-electron chi connectivity index (χ0n) is 12.1. The van der Waals surface area contributed by atoms with Crippen molar-refractivity contribution in [3.8, 4) is 0 Å². The van der Waals surface area contributed by atoms with E-state index >= 15 is 0 Å². The van der Waals surface area contributed by atoms with Gasteiger partial charge in [0.25, 0.3) is 0 Å². The maximum atomic E-state index is 9.68. The summed E-state index contributed by atoms with van der Waals surface area (Å²) in [5.41, 5.74) is 3.66. The lowest BCUT2D eigenvalue weighted by atomic mass is 10.1. The van der Waals surface area contributed by atoms with Gasteiger partial charge in [-0.1, -0.05) is 30.3 Å². The van der Waals surface area contributed by atoms with Crippen LogP contribution in [0, 0.1) is 13.8 Å². The Kier molecular flexibility index (Phi) is 3.58. The van der Waals surface area contributed by atoms with Crippen molar-refractivity contribution in [3.63, 3.8) is 0 Å². The second-order valence-corrected chi connectivity index (χ2v) is 5.13. The fourth-order valence-corrected chi connectivity index (χ4v) is 2.42. The number of aryl methyl sites for hydroxylation is 2. The normalized spacial score (nSPS) is 12.5. The van der Waals surface area contributed by atoms with Gasteiger partial charge in [-0.3, -0.25) is 0 Å². The Morgan fingerprint density at radius 1 is 1.14 bits per heavy atom. The molecule has 0 saturated heterocycles. The number of anilines is 1. The van der Waals surface area contributed by atoms with Crippen LogP contribution in [-0.2, 0) is 0 Å². The van der Waals surface area contributed by atoms with Crippen LogP contribution in [0.25, 0.3) is 5.65 Å². The van der Waals surface area contributed by atoms with Crippen molar-refractivity contribution in [2.45, 2.75) is 19.9 Å². The third-order valence-corrected chi connectivity index (χ3v) is 3.38. The quantitative estimate of drug-likeness (QED) is 0.771. The maximum Gasteiger partial charge on any atom is 0.157 e. The van der Waals surface area contributed by atoms with Gasteiger partial charge in [0.15, 0.2) is 5.65 Å². The van der Waals surface area contributed by atoms with E-state index in [4.69, 9.17) is 0 Å². The molecule has 5 nitrogen and oxygen atoms in total. The van der Waals surface area contributed by atoms with Gasteiger partial charge in [-0.2, -0.15) is 9.61 Å². The third-order valence-electron chi connectivity index (χ3n) is 3.38. The maximum absolute atomic E-state index is 9.68. The number of nitrogens with one attached hydrogen (secondary N) is 1. The highest BCUT2D eigenvalue weighted by Gasteiger charge is 2.13. The second-order valence-electron chi connectivity index (χ2n) is 5.13. The molecular weight excluding hydrogens is 264 g/mol. The van der Waals surface area contributed by atoms with Crippen LogP contribution in [0.15, 0.2) is 42.5 Å². The van der Waals surface area contributed by atoms with Crippen LogP contribution >= 0.6 is 0 Å². The van der Waals surface area contributed by atoms with E-state index in [1.807, 2.05) is 56.3 Å². The van der Waals surface area contributed by atoms with Gasteiger partial charge in [0.1, 0.15) is 5.82 Å². The first-order valence-electron chi connectivity index (χ1n) is 6.94. The minimum absolute atomic E-state index is 0.00707. The summed E-state index contributed by atoms with van der Waals surface area (Å²) in [4.78, 5) is 4.46. The summed E-state index contributed by atoms with van der Waals surface area (Å²) in [6, 6.07) is 13.6. The van der Waals surface area contributed by atoms with E-state index in [0.717, 1.165) is 28.4 Å². The molecule has 21 heavy (non-hydrogen) atoms. The highest BCUT2D eigenvalue weighted by Crippen LogP contribution is 2.20. The first-order chi connectivity index (χ1) is 10.2. The smallest absolute Gasteiger partial charge is 0.157 e. The van der Waals surface area contributed by atoms with Crippen molar-refractivity contribution in [1.82, 2.24) is 14.6 Å². The number of aliphatic hydroxyl groups is 1. The molecule has 2 heterocycles. The molecule has 2 N–H and O–H groups in total. The first kappa shape index (κ1) is 13.6. The Hall–Kier alpha value is -2.40. The van der Waals surface area contributed by atoms with Crippen LogP contribution in [0.3, 0.4) is 0 Å². The number of hydrogen-bond acceptors (Lipinski definition) is 4. The van der Waals surface area contributed by atoms with Crippen LogP contribution in [0.1, 0.15) is 23.0 Å². The summed E-state index contributed by atoms with van der Waals surface area (Å²) < 4.78 is 1.77. The predicted molar refractivity (Wildman–Crippen MR) is 82.4 cm³/mol. The van der Waals surface area contributed by atoms with Crippen molar-refractivity contribution in [2.75, 3.05) is 11.9 Å². The molecule has 3 aromatic rings. The van der Waals surface area contributed by atoms with Gasteiger partial charge in [0.2, 0.25) is 0 Å². The van der Waals surface area contributed by atoms with Gasteiger partial charge in [-0.25, -0.2) is 4.98 Å². The molecule has 0 saturated carbocycles. The lowest BCUT2D eigenvalue weighted by molar-refractivity contribution is 0.276. The minimum Gasteiger partial charge on any atom is -0.394 e. The molecule has 0 fully saturated rings. The largest absolute Gasteiger partial charge is 0.394 e. The number of aromatic nitrogens is 3. The molecular formula is C16H18N4O. The molecule has 1 atom stereocenters. The number of hydrogen-bond donors (Lipinski definition) is 2. The van der Waals surface area contributed by atoms with Gasteiger partial charge in [0.05, 0.1) is 18.3 Å². The van der Waals surface area contributed by atoms with E-state index in [2.05, 4.69) is 15.4 Å². The molecule has 0 bridgehead atoms. The Labute approximate surface area is 123 Å². The molecule has 3 rings (SSSR count). The number of rotatable bonds is 4. The third kappa shape index (κ3) is 2.73. The summed E-state index contributed by atoms with van der Waals surface area (Å²) >= 11 is 0. The molecule has 5 heteroatoms. The SMILES string of the molecule is Cc1cc(N[C@H](CO)c2ccccc2)n2nc(C)cc2n1. The van der Waals surface area contributed by atoms with Crippen LogP contribution in [0.4, 0.5) is 5.82 Å². The predicted octanol–water partition coefficient (Wildman–Crippen LogP) is 2.49. The zero-order chi connectivity index (χ0) is 14.8. The van der Waals surface area contributed by atoms with E-state index in [1.54, 1.807) is 4.52 Å². The summed E-state index contributed by atoms with van der Waals surface area (Å²) in [6.07, 6.45) is 0. The first-order valence-corrected chi connectivity index (χ1v) is 6.94. The molecule has 0 unspecified atom stereocenters. The number of fused-ring (bicyclic) bond motifs is 1. The van der Waals surface area contributed by atoms with Crippen LogP contribution in [0.5, 0.6) is 0 Å².